The van der Waals surface area contributed by atoms with Crippen LogP contribution in [0.4, 0.5) is 13.2 Å². The molecule has 0 aliphatic rings. The number of aromatic amines is 2. The van der Waals surface area contributed by atoms with Gasteiger partial charge in [0.1, 0.15) is 29.1 Å². The number of rotatable bonds is 0. The average molecular weight is 273 g/mol. The molecule has 0 aliphatic heterocycles. The topological polar surface area (TPSA) is 81.2 Å². The van der Waals surface area contributed by atoms with Crippen molar-refractivity contribution < 1.29 is 13.2 Å². The first kappa shape index (κ1) is 16.7. The molecule has 104 valence electrons. The summed E-state index contributed by atoms with van der Waals surface area (Å²) < 4.78 is 35.2. The fraction of sp³-hybridized carbons (Fsp3) is 0.364. The highest BCUT2D eigenvalue weighted by molar-refractivity contribution is 5.16. The molecule has 0 saturated carbocycles. The third kappa shape index (κ3) is 5.25. The molecule has 0 bridgehead atoms. The Morgan fingerprint density at radius 3 is 1.84 bits per heavy atom. The largest absolute Gasteiger partial charge is 0.432 e. The maximum Gasteiger partial charge on any atom is 0.432 e. The van der Waals surface area contributed by atoms with E-state index in [0.717, 1.165) is 12.0 Å². The van der Waals surface area contributed by atoms with Crippen molar-refractivity contribution in [3.8, 4) is 6.07 Å². The second-order valence-corrected chi connectivity index (χ2v) is 3.37. The number of halogens is 3. The third-order valence-electron chi connectivity index (χ3n) is 1.83. The number of nitrogens with one attached hydrogen (secondary N) is 2. The number of imidazole rings is 2. The lowest BCUT2D eigenvalue weighted by Crippen LogP contribution is -2.04. The van der Waals surface area contributed by atoms with Gasteiger partial charge in [-0.3, -0.25) is 0 Å². The molecule has 2 aromatic heterocycles. The number of hydrogen-bond acceptors (Lipinski definition) is 3. The number of aryl methyl sites for hydroxylation is 2. The van der Waals surface area contributed by atoms with Crippen molar-refractivity contribution in [2.24, 2.45) is 0 Å². The predicted octanol–water partition coefficient (Wildman–Crippen LogP) is 2.96. The van der Waals surface area contributed by atoms with E-state index in [9.17, 15) is 13.2 Å². The number of nitriles is 1. The van der Waals surface area contributed by atoms with Crippen LogP contribution in [0.25, 0.3) is 0 Å². The number of nitrogens with zero attached hydrogens (tertiary/aromatic N) is 3. The summed E-state index contributed by atoms with van der Waals surface area (Å²) in [7, 11) is 0. The molecule has 0 spiro atoms. The summed E-state index contributed by atoms with van der Waals surface area (Å²) in [5, 5.41) is 8.23. The van der Waals surface area contributed by atoms with Crippen LogP contribution in [0.2, 0.25) is 0 Å². The molecule has 0 radical (unpaired) electrons. The summed E-state index contributed by atoms with van der Waals surface area (Å²) in [5.41, 5.74) is -0.285. The molecular weight excluding hydrogens is 259 g/mol. The minimum absolute atomic E-state index is 0. The molecule has 19 heavy (non-hydrogen) atoms. The molecule has 8 heteroatoms. The lowest BCUT2D eigenvalue weighted by molar-refractivity contribution is -0.140. The van der Waals surface area contributed by atoms with Gasteiger partial charge in [0.25, 0.3) is 0 Å². The van der Waals surface area contributed by atoms with Gasteiger partial charge in [0.05, 0.1) is 12.4 Å². The van der Waals surface area contributed by atoms with E-state index < -0.39 is 11.9 Å². The average Bonchev–Trinajstić information content (AvgIpc) is 2.87. The quantitative estimate of drug-likeness (QED) is 0.774. The zero-order valence-corrected chi connectivity index (χ0v) is 9.63. The number of aromatic nitrogens is 4. The summed E-state index contributed by atoms with van der Waals surface area (Å²) in [6, 6.07) is 1.93. The fourth-order valence-corrected chi connectivity index (χ4v) is 1.04. The van der Waals surface area contributed by atoms with Crippen LogP contribution in [0.5, 0.6) is 0 Å². The van der Waals surface area contributed by atoms with Crippen molar-refractivity contribution in [1.82, 2.24) is 19.9 Å². The van der Waals surface area contributed by atoms with Gasteiger partial charge in [-0.25, -0.2) is 9.97 Å². The van der Waals surface area contributed by atoms with Crippen molar-refractivity contribution in [3.05, 3.63) is 35.4 Å². The van der Waals surface area contributed by atoms with Crippen molar-refractivity contribution >= 4 is 0 Å². The van der Waals surface area contributed by atoms with E-state index in [0.29, 0.717) is 5.69 Å². The molecule has 5 nitrogen and oxygen atoms in total. The van der Waals surface area contributed by atoms with Crippen molar-refractivity contribution in [2.75, 3.05) is 0 Å². The van der Waals surface area contributed by atoms with Crippen LogP contribution in [0, 0.1) is 25.2 Å². The second-order valence-electron chi connectivity index (χ2n) is 3.37. The van der Waals surface area contributed by atoms with Crippen LogP contribution in [0.15, 0.2) is 12.4 Å². The van der Waals surface area contributed by atoms with Gasteiger partial charge in [-0.2, -0.15) is 18.4 Å². The van der Waals surface area contributed by atoms with Gasteiger partial charge >= 0.3 is 6.18 Å². The first-order chi connectivity index (χ1) is 8.32. The SMILES string of the molecule is C.Cc1ncc(C#N)[nH]1.Cc1ncc(C(F)(F)F)[nH]1. The Kier molecular flexibility index (Phi) is 5.79. The highest BCUT2D eigenvalue weighted by Crippen LogP contribution is 2.26. The van der Waals surface area contributed by atoms with Crippen molar-refractivity contribution in [3.63, 3.8) is 0 Å². The van der Waals surface area contributed by atoms with E-state index in [1.54, 1.807) is 6.92 Å². The second kappa shape index (κ2) is 6.58. The molecule has 0 fully saturated rings. The molecule has 0 unspecified atom stereocenters. The van der Waals surface area contributed by atoms with E-state index >= 15 is 0 Å². The highest BCUT2D eigenvalue weighted by atomic mass is 19.4. The molecular formula is C11H14F3N5. The van der Waals surface area contributed by atoms with Gasteiger partial charge in [-0.15, -0.1) is 0 Å². The van der Waals surface area contributed by atoms with E-state index in [1.807, 2.05) is 6.07 Å². The Bertz CT molecular complexity index is 547. The number of alkyl halides is 3. The smallest absolute Gasteiger partial charge is 0.339 e. The van der Waals surface area contributed by atoms with E-state index in [1.165, 1.54) is 13.1 Å². The van der Waals surface area contributed by atoms with Crippen LogP contribution in [-0.2, 0) is 6.18 Å². The maximum absolute atomic E-state index is 11.7. The first-order valence-corrected chi connectivity index (χ1v) is 4.83. The molecule has 2 heterocycles. The highest BCUT2D eigenvalue weighted by Gasteiger charge is 2.32. The summed E-state index contributed by atoms with van der Waals surface area (Å²) >= 11 is 0. The fourth-order valence-electron chi connectivity index (χ4n) is 1.04. The van der Waals surface area contributed by atoms with Gasteiger partial charge in [-0.05, 0) is 13.8 Å². The summed E-state index contributed by atoms with van der Waals surface area (Å²) in [4.78, 5) is 12.1. The van der Waals surface area contributed by atoms with Crippen LogP contribution in [0.3, 0.4) is 0 Å². The zero-order valence-electron chi connectivity index (χ0n) is 9.63. The van der Waals surface area contributed by atoms with Crippen LogP contribution in [-0.4, -0.2) is 19.9 Å². The van der Waals surface area contributed by atoms with Gasteiger partial charge in [-0.1, -0.05) is 7.43 Å². The van der Waals surface area contributed by atoms with Gasteiger partial charge in [0, 0.05) is 0 Å². The minimum Gasteiger partial charge on any atom is -0.339 e. The van der Waals surface area contributed by atoms with Crippen molar-refractivity contribution in [2.45, 2.75) is 27.5 Å². The van der Waals surface area contributed by atoms with Crippen LogP contribution in [0.1, 0.15) is 30.5 Å². The van der Waals surface area contributed by atoms with Crippen LogP contribution >= 0.6 is 0 Å². The molecule has 0 saturated heterocycles. The molecule has 0 aliphatic carbocycles. The Morgan fingerprint density at radius 1 is 1.11 bits per heavy atom. The Hall–Kier alpha value is -2.30. The molecule has 2 N–H and O–H groups in total. The standard InChI is InChI=1S/C5H5F3N2.C5H5N3.CH4/c1-3-9-2-4(10-3)5(6,7)8;1-4-7-3-5(2-6)8-4;/h2H,1H3,(H,9,10);3H,1H3,(H,7,8);1H4. The maximum atomic E-state index is 11.7. The summed E-state index contributed by atoms with van der Waals surface area (Å²) in [6.07, 6.45) is -2.02. The molecule has 2 aromatic rings. The van der Waals surface area contributed by atoms with E-state index in [-0.39, 0.29) is 13.3 Å². The molecule has 0 atom stereocenters. The molecule has 0 amide bonds. The normalized spacial score (nSPS) is 9.89. The Balaban J connectivity index is 0.000000331. The van der Waals surface area contributed by atoms with Gasteiger partial charge in [0.15, 0.2) is 0 Å². The van der Waals surface area contributed by atoms with E-state index in [4.69, 9.17) is 5.26 Å². The molecule has 2 rings (SSSR count). The number of hydrogen-bond donors (Lipinski definition) is 2. The lowest BCUT2D eigenvalue weighted by atomic mass is 10.5. The predicted molar refractivity (Wildman–Crippen MR) is 63.1 cm³/mol. The van der Waals surface area contributed by atoms with Gasteiger partial charge in [0.2, 0.25) is 0 Å². The summed E-state index contributed by atoms with van der Waals surface area (Å²) in [5.74, 6) is 1.05. The van der Waals surface area contributed by atoms with Crippen LogP contribution < -0.4 is 0 Å². The lowest BCUT2D eigenvalue weighted by Gasteiger charge is -1.99. The first-order valence-electron chi connectivity index (χ1n) is 4.83. The summed E-state index contributed by atoms with van der Waals surface area (Å²) in [6.45, 7) is 3.27. The van der Waals surface area contributed by atoms with E-state index in [2.05, 4.69) is 19.9 Å². The number of H-pyrrole nitrogens is 2. The van der Waals surface area contributed by atoms with Gasteiger partial charge < -0.3 is 9.97 Å². The third-order valence-corrected chi connectivity index (χ3v) is 1.83. The molecule has 0 aromatic carbocycles. The Labute approximate surface area is 108 Å². The Morgan fingerprint density at radius 2 is 1.63 bits per heavy atom. The zero-order chi connectivity index (χ0) is 13.8. The monoisotopic (exact) mass is 273 g/mol. The van der Waals surface area contributed by atoms with Crippen molar-refractivity contribution in [1.29, 1.82) is 5.26 Å². The minimum atomic E-state index is -4.30.